The average molecular weight is 266 g/mol. The van der Waals surface area contributed by atoms with E-state index in [4.69, 9.17) is 0 Å². The minimum atomic E-state index is -0.406. The lowest BCUT2D eigenvalue weighted by atomic mass is 9.89. The molecule has 3 aliphatic heterocycles. The highest BCUT2D eigenvalue weighted by atomic mass is 16.2. The first-order chi connectivity index (χ1) is 9.10. The molecule has 0 radical (unpaired) electrons. The number of rotatable bonds is 1. The molecule has 0 aliphatic carbocycles. The molecule has 3 fully saturated rings. The van der Waals surface area contributed by atoms with Gasteiger partial charge in [-0.05, 0) is 32.7 Å². The summed E-state index contributed by atoms with van der Waals surface area (Å²) in [5, 5.41) is 6.22. The van der Waals surface area contributed by atoms with Crippen molar-refractivity contribution in [2.24, 2.45) is 0 Å². The summed E-state index contributed by atoms with van der Waals surface area (Å²) in [6.45, 7) is 5.56. The number of amides is 3. The fraction of sp³-hybridized carbons (Fsp3) is 0.846. The Kier molecular flexibility index (Phi) is 3.12. The van der Waals surface area contributed by atoms with E-state index in [9.17, 15) is 9.59 Å². The number of urea groups is 1. The maximum absolute atomic E-state index is 12.7. The van der Waals surface area contributed by atoms with Crippen molar-refractivity contribution in [2.75, 3.05) is 32.7 Å². The Balaban J connectivity index is 1.66. The Morgan fingerprint density at radius 1 is 1.37 bits per heavy atom. The van der Waals surface area contributed by atoms with Crippen LogP contribution >= 0.6 is 0 Å². The van der Waals surface area contributed by atoms with Crippen LogP contribution in [0.5, 0.6) is 0 Å². The molecule has 0 aromatic heterocycles. The number of fused-ring (bicyclic) bond motifs is 1. The van der Waals surface area contributed by atoms with E-state index >= 15 is 0 Å². The van der Waals surface area contributed by atoms with E-state index in [2.05, 4.69) is 10.6 Å². The Hall–Kier alpha value is -1.30. The van der Waals surface area contributed by atoms with Crippen LogP contribution in [0.15, 0.2) is 0 Å². The minimum Gasteiger partial charge on any atom is -0.337 e. The van der Waals surface area contributed by atoms with Gasteiger partial charge in [0.2, 0.25) is 5.91 Å². The van der Waals surface area contributed by atoms with Crippen LogP contribution in [0.25, 0.3) is 0 Å². The van der Waals surface area contributed by atoms with E-state index < -0.39 is 5.54 Å². The molecule has 106 valence electrons. The molecule has 3 rings (SSSR count). The Morgan fingerprint density at radius 3 is 2.95 bits per heavy atom. The number of nitrogens with one attached hydrogen (secondary N) is 2. The van der Waals surface area contributed by atoms with Crippen molar-refractivity contribution in [1.29, 1.82) is 0 Å². The Bertz CT molecular complexity index is 392. The first-order valence-corrected chi connectivity index (χ1v) is 7.19. The quantitative estimate of drug-likeness (QED) is 0.688. The lowest BCUT2D eigenvalue weighted by Gasteiger charge is -2.42. The lowest BCUT2D eigenvalue weighted by Crippen LogP contribution is -2.62. The highest BCUT2D eigenvalue weighted by Crippen LogP contribution is 2.23. The Labute approximate surface area is 113 Å². The molecule has 2 N–H and O–H groups in total. The molecule has 0 aromatic rings. The molecule has 2 atom stereocenters. The van der Waals surface area contributed by atoms with Gasteiger partial charge < -0.3 is 20.4 Å². The predicted molar refractivity (Wildman–Crippen MR) is 70.7 cm³/mol. The Morgan fingerprint density at radius 2 is 2.21 bits per heavy atom. The normalized spacial score (nSPS) is 35.0. The molecule has 6 heteroatoms. The molecule has 3 saturated heterocycles. The van der Waals surface area contributed by atoms with Crippen LogP contribution in [0.2, 0.25) is 0 Å². The van der Waals surface area contributed by atoms with Crippen molar-refractivity contribution < 1.29 is 9.59 Å². The zero-order valence-corrected chi connectivity index (χ0v) is 11.4. The summed E-state index contributed by atoms with van der Waals surface area (Å²) in [6, 6.07) is 0.163. The number of piperidine rings is 1. The molecular weight excluding hydrogens is 244 g/mol. The molecule has 19 heavy (non-hydrogen) atoms. The third-order valence-electron chi connectivity index (χ3n) is 4.61. The summed E-state index contributed by atoms with van der Waals surface area (Å²) in [5.41, 5.74) is -0.406. The van der Waals surface area contributed by atoms with E-state index in [1.54, 1.807) is 0 Å². The molecule has 3 amide bonds. The second kappa shape index (κ2) is 4.67. The number of hydrogen-bond donors (Lipinski definition) is 2. The highest BCUT2D eigenvalue weighted by Gasteiger charge is 2.42. The topological polar surface area (TPSA) is 64.7 Å². The fourth-order valence-corrected chi connectivity index (χ4v) is 3.38. The van der Waals surface area contributed by atoms with E-state index in [0.717, 1.165) is 25.8 Å². The van der Waals surface area contributed by atoms with Crippen LogP contribution in [0.4, 0.5) is 4.79 Å². The monoisotopic (exact) mass is 266 g/mol. The van der Waals surface area contributed by atoms with Crippen molar-refractivity contribution in [3.05, 3.63) is 0 Å². The second-order valence-electron chi connectivity index (χ2n) is 6.00. The van der Waals surface area contributed by atoms with Gasteiger partial charge in [-0.1, -0.05) is 0 Å². The van der Waals surface area contributed by atoms with Crippen molar-refractivity contribution >= 4 is 11.9 Å². The minimum absolute atomic E-state index is 0.0131. The molecule has 3 heterocycles. The molecular formula is C13H22N4O2. The standard InChI is InChI=1S/C13H22N4O2/c1-13(4-2-3-5-15-13)11(18)16-6-7-17-10(9-16)8-14-12(17)19/h10,15H,2-9H2,1H3,(H,14,19). The molecule has 3 aliphatic rings. The van der Waals surface area contributed by atoms with Gasteiger partial charge >= 0.3 is 6.03 Å². The summed E-state index contributed by atoms with van der Waals surface area (Å²) in [6.07, 6.45) is 3.17. The number of hydrogen-bond acceptors (Lipinski definition) is 3. The zero-order valence-electron chi connectivity index (χ0n) is 11.4. The maximum atomic E-state index is 12.7. The third kappa shape index (κ3) is 2.18. The first kappa shape index (κ1) is 12.7. The van der Waals surface area contributed by atoms with Gasteiger partial charge in [-0.15, -0.1) is 0 Å². The van der Waals surface area contributed by atoms with Crippen LogP contribution in [0.1, 0.15) is 26.2 Å². The van der Waals surface area contributed by atoms with Gasteiger partial charge in [0.15, 0.2) is 0 Å². The van der Waals surface area contributed by atoms with Gasteiger partial charge in [0, 0.05) is 26.2 Å². The summed E-state index contributed by atoms with van der Waals surface area (Å²) in [4.78, 5) is 28.0. The second-order valence-corrected chi connectivity index (χ2v) is 6.00. The first-order valence-electron chi connectivity index (χ1n) is 7.19. The van der Waals surface area contributed by atoms with Crippen LogP contribution in [-0.2, 0) is 4.79 Å². The smallest absolute Gasteiger partial charge is 0.317 e. The summed E-state index contributed by atoms with van der Waals surface area (Å²) < 4.78 is 0. The van der Waals surface area contributed by atoms with Gasteiger partial charge in [0.05, 0.1) is 11.6 Å². The van der Waals surface area contributed by atoms with Gasteiger partial charge in [0.25, 0.3) is 0 Å². The van der Waals surface area contributed by atoms with Crippen molar-refractivity contribution in [3.63, 3.8) is 0 Å². The number of carbonyl (C=O) groups is 2. The van der Waals surface area contributed by atoms with Crippen molar-refractivity contribution in [1.82, 2.24) is 20.4 Å². The summed E-state index contributed by atoms with van der Waals surface area (Å²) in [7, 11) is 0. The summed E-state index contributed by atoms with van der Waals surface area (Å²) >= 11 is 0. The van der Waals surface area contributed by atoms with Gasteiger partial charge in [0.1, 0.15) is 0 Å². The van der Waals surface area contributed by atoms with Crippen LogP contribution in [0, 0.1) is 0 Å². The zero-order chi connectivity index (χ0) is 13.5. The number of nitrogens with zero attached hydrogens (tertiary/aromatic N) is 2. The van der Waals surface area contributed by atoms with Crippen molar-refractivity contribution in [2.45, 2.75) is 37.8 Å². The maximum Gasteiger partial charge on any atom is 0.317 e. The lowest BCUT2D eigenvalue weighted by molar-refractivity contribution is -0.140. The van der Waals surface area contributed by atoms with Crippen LogP contribution < -0.4 is 10.6 Å². The molecule has 6 nitrogen and oxygen atoms in total. The molecule has 0 bridgehead atoms. The molecule has 2 unspecified atom stereocenters. The van der Waals surface area contributed by atoms with Crippen LogP contribution in [0.3, 0.4) is 0 Å². The molecule has 0 aromatic carbocycles. The van der Waals surface area contributed by atoms with Gasteiger partial charge in [-0.3, -0.25) is 4.79 Å². The van der Waals surface area contributed by atoms with E-state index in [1.165, 1.54) is 0 Å². The van der Waals surface area contributed by atoms with Crippen LogP contribution in [-0.4, -0.2) is 66.0 Å². The fourth-order valence-electron chi connectivity index (χ4n) is 3.38. The number of carbonyl (C=O) groups excluding carboxylic acids is 2. The molecule has 0 saturated carbocycles. The largest absolute Gasteiger partial charge is 0.337 e. The van der Waals surface area contributed by atoms with E-state index in [0.29, 0.717) is 26.2 Å². The number of piperazine rings is 1. The van der Waals surface area contributed by atoms with Gasteiger partial charge in [-0.25, -0.2) is 4.79 Å². The van der Waals surface area contributed by atoms with E-state index in [-0.39, 0.29) is 18.0 Å². The highest BCUT2D eigenvalue weighted by molar-refractivity contribution is 5.86. The average Bonchev–Trinajstić information content (AvgIpc) is 2.80. The third-order valence-corrected chi connectivity index (χ3v) is 4.61. The SMILES string of the molecule is CC1(C(=O)N2CCN3C(=O)NCC3C2)CCCCN1. The summed E-state index contributed by atoms with van der Waals surface area (Å²) in [5.74, 6) is 0.200. The molecule has 0 spiro atoms. The van der Waals surface area contributed by atoms with Crippen molar-refractivity contribution in [3.8, 4) is 0 Å². The van der Waals surface area contributed by atoms with Gasteiger partial charge in [-0.2, -0.15) is 0 Å². The predicted octanol–water partition coefficient (Wildman–Crippen LogP) is -0.245. The van der Waals surface area contributed by atoms with E-state index in [1.807, 2.05) is 16.7 Å².